The molecule has 1 rings (SSSR count). The summed E-state index contributed by atoms with van der Waals surface area (Å²) in [5.41, 5.74) is 1.26. The molecule has 86 valence electrons. The second-order valence-electron chi connectivity index (χ2n) is 3.16. The van der Waals surface area contributed by atoms with Crippen molar-refractivity contribution in [2.75, 3.05) is 6.61 Å². The Kier molecular flexibility index (Phi) is 4.68. The Balaban J connectivity index is 2.90. The standard InChI is InChI=1S/C12H12BrFO2/c1-3-16-11(15)7-5-9-4-6-10(14)8(2)12(9)13/h4-7H,3H2,1-2H3. The van der Waals surface area contributed by atoms with Gasteiger partial charge in [0.2, 0.25) is 0 Å². The zero-order valence-electron chi connectivity index (χ0n) is 9.09. The first kappa shape index (κ1) is 12.9. The molecule has 0 aromatic heterocycles. The van der Waals surface area contributed by atoms with E-state index in [4.69, 9.17) is 4.74 Å². The van der Waals surface area contributed by atoms with Gasteiger partial charge in [0.15, 0.2) is 0 Å². The van der Waals surface area contributed by atoms with Gasteiger partial charge in [-0.15, -0.1) is 0 Å². The van der Waals surface area contributed by atoms with Crippen molar-refractivity contribution in [3.05, 3.63) is 39.6 Å². The summed E-state index contributed by atoms with van der Waals surface area (Å²) in [4.78, 5) is 11.1. The van der Waals surface area contributed by atoms with Crippen LogP contribution in [0.3, 0.4) is 0 Å². The Morgan fingerprint density at radius 2 is 2.25 bits per heavy atom. The summed E-state index contributed by atoms with van der Waals surface area (Å²) in [5.74, 6) is -0.684. The lowest BCUT2D eigenvalue weighted by Gasteiger charge is -2.03. The van der Waals surface area contributed by atoms with Crippen LogP contribution in [0, 0.1) is 12.7 Å². The van der Waals surface area contributed by atoms with Crippen molar-refractivity contribution in [2.45, 2.75) is 13.8 Å². The van der Waals surface area contributed by atoms with Gasteiger partial charge in [-0.25, -0.2) is 9.18 Å². The van der Waals surface area contributed by atoms with Crippen LogP contribution in [0.1, 0.15) is 18.1 Å². The van der Waals surface area contributed by atoms with E-state index in [1.807, 2.05) is 0 Å². The van der Waals surface area contributed by atoms with Crippen LogP contribution in [0.25, 0.3) is 6.08 Å². The van der Waals surface area contributed by atoms with Crippen LogP contribution in [-0.2, 0) is 9.53 Å². The van der Waals surface area contributed by atoms with Crippen LogP contribution in [0.2, 0.25) is 0 Å². The van der Waals surface area contributed by atoms with Crippen molar-refractivity contribution in [2.24, 2.45) is 0 Å². The fourth-order valence-corrected chi connectivity index (χ4v) is 1.61. The molecule has 0 heterocycles. The number of carbonyl (C=O) groups excluding carboxylic acids is 1. The van der Waals surface area contributed by atoms with E-state index in [1.165, 1.54) is 12.1 Å². The van der Waals surface area contributed by atoms with Gasteiger partial charge in [0.1, 0.15) is 5.82 Å². The highest BCUT2D eigenvalue weighted by atomic mass is 79.9. The van der Waals surface area contributed by atoms with Crippen LogP contribution < -0.4 is 0 Å². The zero-order valence-corrected chi connectivity index (χ0v) is 10.7. The van der Waals surface area contributed by atoms with Gasteiger partial charge < -0.3 is 4.74 Å². The average molecular weight is 287 g/mol. The molecule has 0 aliphatic heterocycles. The van der Waals surface area contributed by atoms with Gasteiger partial charge in [-0.3, -0.25) is 0 Å². The van der Waals surface area contributed by atoms with Crippen molar-refractivity contribution in [3.63, 3.8) is 0 Å². The molecule has 0 aliphatic carbocycles. The van der Waals surface area contributed by atoms with Gasteiger partial charge in [0, 0.05) is 10.5 Å². The minimum absolute atomic E-state index is 0.278. The number of esters is 1. The summed E-state index contributed by atoms with van der Waals surface area (Å²) in [5, 5.41) is 0. The summed E-state index contributed by atoms with van der Waals surface area (Å²) in [6.07, 6.45) is 2.91. The van der Waals surface area contributed by atoms with Crippen molar-refractivity contribution < 1.29 is 13.9 Å². The SMILES string of the molecule is CCOC(=O)C=Cc1ccc(F)c(C)c1Br. The number of rotatable bonds is 3. The van der Waals surface area contributed by atoms with Crippen LogP contribution in [0.15, 0.2) is 22.7 Å². The summed E-state index contributed by atoms with van der Waals surface area (Å²) in [6.45, 7) is 3.75. The number of hydrogen-bond donors (Lipinski definition) is 0. The quantitative estimate of drug-likeness (QED) is 0.628. The van der Waals surface area contributed by atoms with E-state index >= 15 is 0 Å². The molecule has 1 aromatic rings. The Hall–Kier alpha value is -1.16. The topological polar surface area (TPSA) is 26.3 Å². The third-order valence-electron chi connectivity index (χ3n) is 2.04. The second-order valence-corrected chi connectivity index (χ2v) is 3.95. The van der Waals surface area contributed by atoms with E-state index in [1.54, 1.807) is 26.0 Å². The molecule has 1 aromatic carbocycles. The molecule has 4 heteroatoms. The maximum atomic E-state index is 13.1. The molecule has 16 heavy (non-hydrogen) atoms. The smallest absolute Gasteiger partial charge is 0.330 e. The number of hydrogen-bond acceptors (Lipinski definition) is 2. The molecule has 0 aliphatic rings. The highest BCUT2D eigenvalue weighted by Gasteiger charge is 2.05. The molecule has 2 nitrogen and oxygen atoms in total. The highest BCUT2D eigenvalue weighted by molar-refractivity contribution is 9.10. The summed E-state index contributed by atoms with van der Waals surface area (Å²) < 4.78 is 18.5. The second kappa shape index (κ2) is 5.80. The van der Waals surface area contributed by atoms with Gasteiger partial charge in [-0.2, -0.15) is 0 Å². The summed E-state index contributed by atoms with van der Waals surface area (Å²) in [7, 11) is 0. The monoisotopic (exact) mass is 286 g/mol. The molecule has 0 atom stereocenters. The Morgan fingerprint density at radius 1 is 1.56 bits per heavy atom. The normalized spacial score (nSPS) is 10.8. The number of benzene rings is 1. The highest BCUT2D eigenvalue weighted by Crippen LogP contribution is 2.24. The summed E-state index contributed by atoms with van der Waals surface area (Å²) in [6, 6.07) is 2.97. The predicted octanol–water partition coefficient (Wildman–Crippen LogP) is 3.47. The Morgan fingerprint density at radius 3 is 2.88 bits per heavy atom. The maximum Gasteiger partial charge on any atom is 0.330 e. The number of halogens is 2. The third kappa shape index (κ3) is 3.17. The van der Waals surface area contributed by atoms with E-state index in [-0.39, 0.29) is 5.82 Å². The summed E-state index contributed by atoms with van der Waals surface area (Å²) >= 11 is 3.28. The van der Waals surface area contributed by atoms with E-state index in [2.05, 4.69) is 15.9 Å². The zero-order chi connectivity index (χ0) is 12.1. The lowest BCUT2D eigenvalue weighted by Crippen LogP contribution is -1.98. The van der Waals surface area contributed by atoms with E-state index in [9.17, 15) is 9.18 Å². The van der Waals surface area contributed by atoms with Crippen molar-refractivity contribution >= 4 is 28.0 Å². The fraction of sp³-hybridized carbons (Fsp3) is 0.250. The van der Waals surface area contributed by atoms with Crippen LogP contribution >= 0.6 is 15.9 Å². The molecule has 0 bridgehead atoms. The van der Waals surface area contributed by atoms with Gasteiger partial charge in [0.05, 0.1) is 6.61 Å². The van der Waals surface area contributed by atoms with Crippen molar-refractivity contribution in [1.82, 2.24) is 0 Å². The van der Waals surface area contributed by atoms with Crippen LogP contribution in [-0.4, -0.2) is 12.6 Å². The fourth-order valence-electron chi connectivity index (χ4n) is 1.16. The molecular formula is C12H12BrFO2. The van der Waals surface area contributed by atoms with E-state index < -0.39 is 5.97 Å². The number of ether oxygens (including phenoxy) is 1. The van der Waals surface area contributed by atoms with E-state index in [0.29, 0.717) is 16.6 Å². The first-order valence-corrected chi connectivity index (χ1v) is 5.65. The van der Waals surface area contributed by atoms with Gasteiger partial charge >= 0.3 is 5.97 Å². The molecule has 0 radical (unpaired) electrons. The first-order valence-electron chi connectivity index (χ1n) is 4.85. The van der Waals surface area contributed by atoms with Gasteiger partial charge in [-0.05, 0) is 53.0 Å². The third-order valence-corrected chi connectivity index (χ3v) is 3.09. The molecule has 0 saturated heterocycles. The largest absolute Gasteiger partial charge is 0.463 e. The van der Waals surface area contributed by atoms with Crippen molar-refractivity contribution in [3.8, 4) is 0 Å². The Labute approximate surface area is 102 Å². The predicted molar refractivity (Wildman–Crippen MR) is 64.5 cm³/mol. The van der Waals surface area contributed by atoms with Crippen LogP contribution in [0.5, 0.6) is 0 Å². The first-order chi connectivity index (χ1) is 7.56. The molecule has 0 spiro atoms. The van der Waals surface area contributed by atoms with E-state index in [0.717, 1.165) is 5.56 Å². The molecule has 0 fully saturated rings. The minimum atomic E-state index is -0.406. The Bertz CT molecular complexity index is 427. The number of carbonyl (C=O) groups is 1. The molecule has 0 unspecified atom stereocenters. The molecule has 0 saturated carbocycles. The van der Waals surface area contributed by atoms with Gasteiger partial charge in [0.25, 0.3) is 0 Å². The van der Waals surface area contributed by atoms with Gasteiger partial charge in [-0.1, -0.05) is 6.07 Å². The lowest BCUT2D eigenvalue weighted by atomic mass is 10.1. The minimum Gasteiger partial charge on any atom is -0.463 e. The molecule has 0 amide bonds. The molecule has 0 N–H and O–H groups in total. The molecular weight excluding hydrogens is 275 g/mol. The van der Waals surface area contributed by atoms with Crippen molar-refractivity contribution in [1.29, 1.82) is 0 Å². The average Bonchev–Trinajstić information content (AvgIpc) is 2.25. The lowest BCUT2D eigenvalue weighted by molar-refractivity contribution is -0.137. The maximum absolute atomic E-state index is 13.1. The van der Waals surface area contributed by atoms with Crippen LogP contribution in [0.4, 0.5) is 4.39 Å².